The third-order valence-corrected chi connectivity index (χ3v) is 6.53. The summed E-state index contributed by atoms with van der Waals surface area (Å²) in [6, 6.07) is 11.6. The normalized spacial score (nSPS) is 21.5. The zero-order valence-corrected chi connectivity index (χ0v) is 19.5. The number of carbonyl (C=O) groups is 1. The summed E-state index contributed by atoms with van der Waals surface area (Å²) >= 11 is 2.25. The molecule has 5 rings (SSSR count). The predicted octanol–water partition coefficient (Wildman–Crippen LogP) is 5.44. The van der Waals surface area contributed by atoms with Crippen LogP contribution in [0, 0.1) is 3.57 Å². The average molecular weight is 518 g/mol. The molecule has 1 fully saturated rings. The van der Waals surface area contributed by atoms with Crippen molar-refractivity contribution in [1.29, 1.82) is 0 Å². The molecule has 0 unspecified atom stereocenters. The molecule has 2 aliphatic rings. The van der Waals surface area contributed by atoms with Crippen LogP contribution >= 0.6 is 22.6 Å². The number of ether oxygens (including phenoxy) is 3. The fourth-order valence-corrected chi connectivity index (χ4v) is 4.82. The molecule has 1 atom stereocenters. The summed E-state index contributed by atoms with van der Waals surface area (Å²) in [7, 11) is 0. The van der Waals surface area contributed by atoms with E-state index < -0.39 is 11.2 Å². The molecule has 3 aromatic rings. The number of rotatable bonds is 3. The van der Waals surface area contributed by atoms with E-state index in [0.717, 1.165) is 20.1 Å². The molecule has 2 aromatic carbocycles. The third kappa shape index (κ3) is 3.16. The van der Waals surface area contributed by atoms with Gasteiger partial charge in [0.05, 0.1) is 12.2 Å². The summed E-state index contributed by atoms with van der Waals surface area (Å²) in [6.45, 7) is 8.86. The van der Waals surface area contributed by atoms with Crippen LogP contribution in [0.5, 0.6) is 5.75 Å². The van der Waals surface area contributed by atoms with E-state index in [0.29, 0.717) is 35.9 Å². The molecule has 0 saturated carbocycles. The van der Waals surface area contributed by atoms with Gasteiger partial charge in [-0.1, -0.05) is 0 Å². The highest BCUT2D eigenvalue weighted by atomic mass is 127. The fraction of sp³-hybridized carbons (Fsp3) is 0.375. The second-order valence-electron chi connectivity index (χ2n) is 8.87. The van der Waals surface area contributed by atoms with E-state index in [-0.39, 0.29) is 11.9 Å². The van der Waals surface area contributed by atoms with Crippen LogP contribution in [-0.2, 0) is 14.9 Å². The van der Waals surface area contributed by atoms with Crippen LogP contribution in [-0.4, -0.2) is 30.9 Å². The molecule has 6 heteroatoms. The molecule has 1 saturated heterocycles. The Hall–Kier alpha value is -1.90. The van der Waals surface area contributed by atoms with Crippen molar-refractivity contribution < 1.29 is 23.4 Å². The van der Waals surface area contributed by atoms with Gasteiger partial charge in [0, 0.05) is 19.9 Å². The maximum atomic E-state index is 13.4. The van der Waals surface area contributed by atoms with Gasteiger partial charge in [0.2, 0.25) is 0 Å². The Labute approximate surface area is 188 Å². The van der Waals surface area contributed by atoms with E-state index in [1.165, 1.54) is 0 Å². The van der Waals surface area contributed by atoms with Crippen LogP contribution in [0.3, 0.4) is 0 Å². The summed E-state index contributed by atoms with van der Waals surface area (Å²) in [5.74, 6) is 0.842. The highest BCUT2D eigenvalue weighted by Crippen LogP contribution is 2.46. The Morgan fingerprint density at radius 2 is 1.93 bits per heavy atom. The number of halogens is 1. The first-order valence-corrected chi connectivity index (χ1v) is 11.1. The van der Waals surface area contributed by atoms with Crippen LogP contribution in [0.2, 0.25) is 0 Å². The highest BCUT2D eigenvalue weighted by molar-refractivity contribution is 14.1. The van der Waals surface area contributed by atoms with Crippen molar-refractivity contribution in [2.45, 2.75) is 45.0 Å². The quantitative estimate of drug-likeness (QED) is 0.433. The van der Waals surface area contributed by atoms with E-state index in [1.54, 1.807) is 0 Å². The van der Waals surface area contributed by atoms with Crippen molar-refractivity contribution in [3.8, 4) is 5.75 Å². The molecular formula is C24H23IO5. The average Bonchev–Trinajstić information content (AvgIpc) is 3.24. The van der Waals surface area contributed by atoms with Gasteiger partial charge in [0.1, 0.15) is 29.8 Å². The van der Waals surface area contributed by atoms with Gasteiger partial charge in [0.15, 0.2) is 11.6 Å². The highest BCUT2D eigenvalue weighted by Gasteiger charge is 2.42. The van der Waals surface area contributed by atoms with Gasteiger partial charge >= 0.3 is 0 Å². The Morgan fingerprint density at radius 3 is 2.67 bits per heavy atom. The lowest BCUT2D eigenvalue weighted by molar-refractivity contribution is -0.141. The monoisotopic (exact) mass is 518 g/mol. The van der Waals surface area contributed by atoms with Crippen molar-refractivity contribution in [2.24, 2.45) is 0 Å². The molecule has 1 aliphatic carbocycles. The molecule has 1 aromatic heterocycles. The first-order valence-electron chi connectivity index (χ1n) is 10.0. The van der Waals surface area contributed by atoms with Crippen molar-refractivity contribution in [2.75, 3.05) is 13.2 Å². The Bertz CT molecular complexity index is 1170. The van der Waals surface area contributed by atoms with E-state index in [4.69, 9.17) is 18.6 Å². The molecule has 0 spiro atoms. The standard InChI is InChI=1S/C24H23IO5/c1-23(2)18-10-14(27-11-15-12-28-24(3,4)30-15)6-8-16(18)21(26)20-17-7-5-13(25)9-19(17)29-22(20)23/h5-10,15H,11-12H2,1-4H3/t15-/m0/s1. The molecule has 0 bridgehead atoms. The Balaban J connectivity index is 1.50. The van der Waals surface area contributed by atoms with Crippen molar-refractivity contribution in [1.82, 2.24) is 0 Å². The van der Waals surface area contributed by atoms with Crippen LogP contribution in [0.25, 0.3) is 11.0 Å². The summed E-state index contributed by atoms with van der Waals surface area (Å²) in [6.07, 6.45) is -0.116. The van der Waals surface area contributed by atoms with Gasteiger partial charge in [-0.3, -0.25) is 4.79 Å². The van der Waals surface area contributed by atoms with Gasteiger partial charge in [0.25, 0.3) is 0 Å². The molecular weight excluding hydrogens is 495 g/mol. The molecule has 0 radical (unpaired) electrons. The number of benzene rings is 2. The van der Waals surface area contributed by atoms with Gasteiger partial charge in [-0.2, -0.15) is 0 Å². The third-order valence-electron chi connectivity index (χ3n) is 5.86. The largest absolute Gasteiger partial charge is 0.491 e. The molecule has 0 N–H and O–H groups in total. The van der Waals surface area contributed by atoms with E-state index in [1.807, 2.05) is 50.2 Å². The second-order valence-corrected chi connectivity index (χ2v) is 10.1. The second kappa shape index (κ2) is 6.80. The lowest BCUT2D eigenvalue weighted by Gasteiger charge is -2.31. The Morgan fingerprint density at radius 1 is 1.13 bits per heavy atom. The minimum atomic E-state index is -0.576. The van der Waals surface area contributed by atoms with Gasteiger partial charge in [-0.15, -0.1) is 0 Å². The lowest BCUT2D eigenvalue weighted by Crippen LogP contribution is -2.29. The lowest BCUT2D eigenvalue weighted by atomic mass is 9.72. The summed E-state index contributed by atoms with van der Waals surface area (Å²) in [4.78, 5) is 13.4. The zero-order chi connectivity index (χ0) is 21.3. The van der Waals surface area contributed by atoms with Crippen LogP contribution in [0.4, 0.5) is 0 Å². The molecule has 156 valence electrons. The van der Waals surface area contributed by atoms with E-state index >= 15 is 0 Å². The van der Waals surface area contributed by atoms with Crippen molar-refractivity contribution in [3.63, 3.8) is 0 Å². The van der Waals surface area contributed by atoms with Crippen LogP contribution < -0.4 is 4.74 Å². The first-order chi connectivity index (χ1) is 14.2. The number of ketones is 1. The number of hydrogen-bond donors (Lipinski definition) is 0. The minimum absolute atomic E-state index is 0.000101. The SMILES string of the molecule is CC1(C)OC[C@H](COc2ccc3c(c2)C(C)(C)c2oc4cc(I)ccc4c2C3=O)O1. The Kier molecular flexibility index (Phi) is 4.54. The van der Waals surface area contributed by atoms with E-state index in [2.05, 4.69) is 36.4 Å². The minimum Gasteiger partial charge on any atom is -0.491 e. The first kappa shape index (κ1) is 20.0. The van der Waals surface area contributed by atoms with E-state index in [9.17, 15) is 4.79 Å². The maximum Gasteiger partial charge on any atom is 0.197 e. The molecule has 0 amide bonds. The molecule has 30 heavy (non-hydrogen) atoms. The van der Waals surface area contributed by atoms with Gasteiger partial charge < -0.3 is 18.6 Å². The summed E-state index contributed by atoms with van der Waals surface area (Å²) in [5, 5.41) is 0.871. The van der Waals surface area contributed by atoms with Crippen LogP contribution in [0.1, 0.15) is 54.9 Å². The number of furan rings is 1. The number of carbonyl (C=O) groups excluding carboxylic acids is 1. The molecule has 5 nitrogen and oxygen atoms in total. The fourth-order valence-electron chi connectivity index (χ4n) is 4.36. The van der Waals surface area contributed by atoms with Gasteiger partial charge in [-0.25, -0.2) is 0 Å². The van der Waals surface area contributed by atoms with Crippen molar-refractivity contribution >= 4 is 39.3 Å². The van der Waals surface area contributed by atoms with Crippen LogP contribution in [0.15, 0.2) is 40.8 Å². The zero-order valence-electron chi connectivity index (χ0n) is 17.4. The van der Waals surface area contributed by atoms with Crippen molar-refractivity contribution in [3.05, 3.63) is 62.4 Å². The maximum absolute atomic E-state index is 13.4. The summed E-state index contributed by atoms with van der Waals surface area (Å²) < 4.78 is 24.7. The topological polar surface area (TPSA) is 57.9 Å². The number of fused-ring (bicyclic) bond motifs is 4. The van der Waals surface area contributed by atoms with Gasteiger partial charge in [-0.05, 0) is 92.2 Å². The summed E-state index contributed by atoms with van der Waals surface area (Å²) in [5.41, 5.74) is 2.57. The predicted molar refractivity (Wildman–Crippen MR) is 121 cm³/mol. The smallest absolute Gasteiger partial charge is 0.197 e. The number of hydrogen-bond acceptors (Lipinski definition) is 5. The molecule has 2 heterocycles. The molecule has 1 aliphatic heterocycles.